The van der Waals surface area contributed by atoms with E-state index < -0.39 is 0 Å². The fourth-order valence-corrected chi connectivity index (χ4v) is 2.17. The minimum absolute atomic E-state index is 0.0426. The Labute approximate surface area is 130 Å². The fourth-order valence-electron chi connectivity index (χ4n) is 2.17. The Kier molecular flexibility index (Phi) is 5.08. The molecule has 0 aromatic carbocycles. The Morgan fingerprint density at radius 2 is 2.00 bits per heavy atom. The van der Waals surface area contributed by atoms with Crippen LogP contribution in [0.3, 0.4) is 0 Å². The first-order valence-electron chi connectivity index (χ1n) is 7.37. The van der Waals surface area contributed by atoms with Gasteiger partial charge in [0.15, 0.2) is 0 Å². The first-order valence-corrected chi connectivity index (χ1v) is 7.37. The van der Waals surface area contributed by atoms with Gasteiger partial charge in [0, 0.05) is 30.7 Å². The van der Waals surface area contributed by atoms with Gasteiger partial charge in [-0.2, -0.15) is 5.10 Å². The molecule has 0 aliphatic rings. The third-order valence-corrected chi connectivity index (χ3v) is 3.18. The molecule has 7 heteroatoms. The van der Waals surface area contributed by atoms with E-state index in [0.29, 0.717) is 18.1 Å². The third kappa shape index (κ3) is 4.03. The Balaban J connectivity index is 1.94. The molecule has 0 bridgehead atoms. The summed E-state index contributed by atoms with van der Waals surface area (Å²) in [7, 11) is 0. The van der Waals surface area contributed by atoms with Crippen LogP contribution in [0.2, 0.25) is 0 Å². The second kappa shape index (κ2) is 7.02. The Hall–Kier alpha value is -2.44. The molecule has 2 heterocycles. The number of amides is 1. The van der Waals surface area contributed by atoms with Gasteiger partial charge < -0.3 is 10.6 Å². The Bertz CT molecular complexity index is 634. The van der Waals surface area contributed by atoms with E-state index in [2.05, 4.69) is 25.7 Å². The number of carbonyl (C=O) groups excluding carboxylic acids is 1. The van der Waals surface area contributed by atoms with E-state index in [1.165, 1.54) is 12.4 Å². The van der Waals surface area contributed by atoms with E-state index in [1.807, 2.05) is 38.4 Å². The molecule has 2 aromatic heterocycles. The zero-order valence-electron chi connectivity index (χ0n) is 13.4. The van der Waals surface area contributed by atoms with Crippen LogP contribution in [0.5, 0.6) is 0 Å². The summed E-state index contributed by atoms with van der Waals surface area (Å²) in [5.74, 6) is 0.340. The van der Waals surface area contributed by atoms with Gasteiger partial charge in [-0.25, -0.2) is 9.97 Å². The number of carbonyl (C=O) groups is 1. The fraction of sp³-hybridized carbons (Fsp3) is 0.467. The first kappa shape index (κ1) is 15.9. The van der Waals surface area contributed by atoms with Gasteiger partial charge >= 0.3 is 0 Å². The maximum absolute atomic E-state index is 12.2. The van der Waals surface area contributed by atoms with Crippen LogP contribution in [-0.4, -0.2) is 38.2 Å². The summed E-state index contributed by atoms with van der Waals surface area (Å²) < 4.78 is 1.89. The van der Waals surface area contributed by atoms with E-state index in [9.17, 15) is 4.79 Å². The highest BCUT2D eigenvalue weighted by Crippen LogP contribution is 2.04. The molecular weight excluding hydrogens is 280 g/mol. The van der Waals surface area contributed by atoms with Gasteiger partial charge in [0.05, 0.1) is 17.8 Å². The van der Waals surface area contributed by atoms with Crippen LogP contribution in [-0.2, 0) is 6.54 Å². The Morgan fingerprint density at radius 1 is 1.32 bits per heavy atom. The lowest BCUT2D eigenvalue weighted by atomic mass is 10.2. The second-order valence-electron chi connectivity index (χ2n) is 5.31. The van der Waals surface area contributed by atoms with Crippen molar-refractivity contribution in [3.05, 3.63) is 35.4 Å². The van der Waals surface area contributed by atoms with Crippen molar-refractivity contribution in [3.63, 3.8) is 0 Å². The molecule has 7 nitrogen and oxygen atoms in total. The molecule has 0 fully saturated rings. The van der Waals surface area contributed by atoms with Crippen LogP contribution in [0, 0.1) is 13.8 Å². The SMILES string of the molecule is CCNc1ncc(C(=O)NC(C)Cn2nc(C)cc2C)cn1. The van der Waals surface area contributed by atoms with E-state index >= 15 is 0 Å². The number of anilines is 1. The van der Waals surface area contributed by atoms with E-state index in [1.54, 1.807) is 0 Å². The lowest BCUT2D eigenvalue weighted by molar-refractivity contribution is 0.0935. The molecule has 2 rings (SSSR count). The molecule has 2 aromatic rings. The molecule has 0 spiro atoms. The van der Waals surface area contributed by atoms with E-state index in [4.69, 9.17) is 0 Å². The van der Waals surface area contributed by atoms with Gasteiger partial charge in [0.25, 0.3) is 5.91 Å². The van der Waals surface area contributed by atoms with Gasteiger partial charge in [-0.15, -0.1) is 0 Å². The van der Waals surface area contributed by atoms with Gasteiger partial charge in [0.1, 0.15) is 0 Å². The van der Waals surface area contributed by atoms with Crippen LogP contribution in [0.4, 0.5) is 5.95 Å². The zero-order chi connectivity index (χ0) is 16.1. The molecule has 1 unspecified atom stereocenters. The van der Waals surface area contributed by atoms with Crippen molar-refractivity contribution in [2.45, 2.75) is 40.3 Å². The third-order valence-electron chi connectivity index (χ3n) is 3.18. The van der Waals surface area contributed by atoms with Crippen LogP contribution in [0.15, 0.2) is 18.5 Å². The quantitative estimate of drug-likeness (QED) is 0.845. The maximum atomic E-state index is 12.2. The van der Waals surface area contributed by atoms with E-state index in [-0.39, 0.29) is 11.9 Å². The topological polar surface area (TPSA) is 84.7 Å². The first-order chi connectivity index (χ1) is 10.5. The van der Waals surface area contributed by atoms with Crippen molar-refractivity contribution >= 4 is 11.9 Å². The van der Waals surface area contributed by atoms with Crippen LogP contribution in [0.25, 0.3) is 0 Å². The normalized spacial score (nSPS) is 12.0. The number of nitrogens with zero attached hydrogens (tertiary/aromatic N) is 4. The number of hydrogen-bond donors (Lipinski definition) is 2. The molecule has 0 aliphatic carbocycles. The smallest absolute Gasteiger partial charge is 0.254 e. The largest absolute Gasteiger partial charge is 0.355 e. The summed E-state index contributed by atoms with van der Waals surface area (Å²) in [6.07, 6.45) is 3.05. The van der Waals surface area contributed by atoms with E-state index in [0.717, 1.165) is 17.9 Å². The molecule has 0 saturated carbocycles. The average Bonchev–Trinajstić information content (AvgIpc) is 2.77. The molecule has 1 atom stereocenters. The number of hydrogen-bond acceptors (Lipinski definition) is 5. The lowest BCUT2D eigenvalue weighted by Crippen LogP contribution is -2.36. The standard InChI is InChI=1S/C15H22N6O/c1-5-16-15-17-7-13(8-18-15)14(22)19-11(3)9-21-12(4)6-10(2)20-21/h6-8,11H,5,9H2,1-4H3,(H,19,22)(H,16,17,18). The summed E-state index contributed by atoms with van der Waals surface area (Å²) in [4.78, 5) is 20.4. The molecule has 1 amide bonds. The van der Waals surface area contributed by atoms with Crippen molar-refractivity contribution in [3.8, 4) is 0 Å². The van der Waals surface area contributed by atoms with Gasteiger partial charge in [-0.05, 0) is 33.8 Å². The van der Waals surface area contributed by atoms with Crippen molar-refractivity contribution in [1.82, 2.24) is 25.1 Å². The monoisotopic (exact) mass is 302 g/mol. The van der Waals surface area contributed by atoms with Gasteiger partial charge in [-0.1, -0.05) is 0 Å². The molecule has 0 radical (unpaired) electrons. The number of nitrogens with one attached hydrogen (secondary N) is 2. The zero-order valence-corrected chi connectivity index (χ0v) is 13.4. The highest BCUT2D eigenvalue weighted by Gasteiger charge is 2.12. The summed E-state index contributed by atoms with van der Waals surface area (Å²) in [5.41, 5.74) is 2.50. The summed E-state index contributed by atoms with van der Waals surface area (Å²) in [6, 6.07) is 1.97. The molecule has 118 valence electrons. The summed E-state index contributed by atoms with van der Waals surface area (Å²) in [5, 5.41) is 10.3. The van der Waals surface area contributed by atoms with Crippen LogP contribution < -0.4 is 10.6 Å². The molecule has 0 aliphatic heterocycles. The summed E-state index contributed by atoms with van der Waals surface area (Å²) >= 11 is 0. The molecule has 0 saturated heterocycles. The molecule has 2 N–H and O–H groups in total. The highest BCUT2D eigenvalue weighted by atomic mass is 16.1. The minimum Gasteiger partial charge on any atom is -0.355 e. The van der Waals surface area contributed by atoms with Crippen LogP contribution in [0.1, 0.15) is 35.6 Å². The predicted molar refractivity (Wildman–Crippen MR) is 84.8 cm³/mol. The molecular formula is C15H22N6O. The lowest BCUT2D eigenvalue weighted by Gasteiger charge is -2.15. The number of aromatic nitrogens is 4. The van der Waals surface area contributed by atoms with Crippen LogP contribution >= 0.6 is 0 Å². The van der Waals surface area contributed by atoms with Crippen molar-refractivity contribution in [2.75, 3.05) is 11.9 Å². The number of rotatable bonds is 6. The van der Waals surface area contributed by atoms with Crippen molar-refractivity contribution in [1.29, 1.82) is 0 Å². The van der Waals surface area contributed by atoms with Crippen molar-refractivity contribution in [2.24, 2.45) is 0 Å². The highest BCUT2D eigenvalue weighted by molar-refractivity contribution is 5.93. The number of aryl methyl sites for hydroxylation is 2. The minimum atomic E-state index is -0.183. The predicted octanol–water partition coefficient (Wildman–Crippen LogP) is 1.54. The average molecular weight is 302 g/mol. The van der Waals surface area contributed by atoms with Crippen molar-refractivity contribution < 1.29 is 4.79 Å². The maximum Gasteiger partial charge on any atom is 0.254 e. The molecule has 22 heavy (non-hydrogen) atoms. The summed E-state index contributed by atoms with van der Waals surface area (Å²) in [6.45, 7) is 9.23. The Morgan fingerprint density at radius 3 is 2.55 bits per heavy atom. The second-order valence-corrected chi connectivity index (χ2v) is 5.31. The van der Waals surface area contributed by atoms with Gasteiger partial charge in [-0.3, -0.25) is 9.48 Å². The van der Waals surface area contributed by atoms with Gasteiger partial charge in [0.2, 0.25) is 5.95 Å².